The Morgan fingerprint density at radius 3 is 2.38 bits per heavy atom. The Morgan fingerprint density at radius 1 is 1.25 bits per heavy atom. The van der Waals surface area contributed by atoms with Crippen molar-refractivity contribution < 1.29 is 13.2 Å². The molecular weight excluding hydrogens is 219 g/mol. The smallest absolute Gasteiger partial charge is 0.310 e. The minimum Gasteiger partial charge on any atom is -0.310 e. The van der Waals surface area contributed by atoms with Crippen LogP contribution in [-0.4, -0.2) is 22.2 Å². The standard InChI is InChI=1S/C10H12F3N3/c11-10(12,13)3-9-15-5-7(6-16-9)4-14-8-1-2-8/h5-6,8,14H,1-4H2. The number of nitrogens with one attached hydrogen (secondary N) is 1. The molecule has 1 aromatic rings. The van der Waals surface area contributed by atoms with E-state index in [1.165, 1.54) is 25.2 Å². The van der Waals surface area contributed by atoms with Gasteiger partial charge in [-0.3, -0.25) is 0 Å². The first kappa shape index (κ1) is 11.3. The Morgan fingerprint density at radius 2 is 1.88 bits per heavy atom. The average molecular weight is 231 g/mol. The summed E-state index contributed by atoms with van der Waals surface area (Å²) < 4.78 is 36.0. The number of hydrogen-bond donors (Lipinski definition) is 1. The van der Waals surface area contributed by atoms with E-state index in [1.807, 2.05) is 0 Å². The molecule has 1 aliphatic rings. The molecule has 1 aliphatic carbocycles. The van der Waals surface area contributed by atoms with Crippen LogP contribution in [-0.2, 0) is 13.0 Å². The van der Waals surface area contributed by atoms with Gasteiger partial charge in [0.2, 0.25) is 0 Å². The van der Waals surface area contributed by atoms with E-state index < -0.39 is 12.6 Å². The molecule has 0 aromatic carbocycles. The van der Waals surface area contributed by atoms with Crippen LogP contribution in [0, 0.1) is 0 Å². The normalized spacial score (nSPS) is 16.4. The quantitative estimate of drug-likeness (QED) is 0.859. The third kappa shape index (κ3) is 3.77. The summed E-state index contributed by atoms with van der Waals surface area (Å²) in [5, 5.41) is 3.24. The molecule has 1 N–H and O–H groups in total. The summed E-state index contributed by atoms with van der Waals surface area (Å²) in [7, 11) is 0. The van der Waals surface area contributed by atoms with Crippen molar-refractivity contribution in [2.24, 2.45) is 0 Å². The molecule has 0 aliphatic heterocycles. The van der Waals surface area contributed by atoms with Crippen molar-refractivity contribution in [3.63, 3.8) is 0 Å². The zero-order chi connectivity index (χ0) is 11.6. The fourth-order valence-electron chi connectivity index (χ4n) is 1.29. The van der Waals surface area contributed by atoms with Crippen LogP contribution >= 0.6 is 0 Å². The van der Waals surface area contributed by atoms with Gasteiger partial charge in [0, 0.05) is 30.5 Å². The van der Waals surface area contributed by atoms with Crippen LogP contribution in [0.2, 0.25) is 0 Å². The van der Waals surface area contributed by atoms with Crippen molar-refractivity contribution in [2.45, 2.75) is 38.0 Å². The van der Waals surface area contributed by atoms with Gasteiger partial charge in [0.15, 0.2) is 0 Å². The molecule has 0 saturated heterocycles. The predicted octanol–water partition coefficient (Wildman–Crippen LogP) is 1.83. The van der Waals surface area contributed by atoms with E-state index >= 15 is 0 Å². The van der Waals surface area contributed by atoms with Gasteiger partial charge in [0.25, 0.3) is 0 Å². The SMILES string of the molecule is FC(F)(F)Cc1ncc(CNC2CC2)cn1. The molecule has 1 aromatic heterocycles. The van der Waals surface area contributed by atoms with Crippen LogP contribution in [0.4, 0.5) is 13.2 Å². The van der Waals surface area contributed by atoms with Gasteiger partial charge in [-0.2, -0.15) is 13.2 Å². The molecule has 1 fully saturated rings. The van der Waals surface area contributed by atoms with Crippen molar-refractivity contribution in [2.75, 3.05) is 0 Å². The molecule has 2 rings (SSSR count). The van der Waals surface area contributed by atoms with E-state index in [4.69, 9.17) is 0 Å². The van der Waals surface area contributed by atoms with Gasteiger partial charge in [0.1, 0.15) is 12.2 Å². The zero-order valence-electron chi connectivity index (χ0n) is 8.59. The molecule has 0 spiro atoms. The second kappa shape index (κ2) is 4.37. The number of rotatable bonds is 4. The Balaban J connectivity index is 1.87. The fourth-order valence-corrected chi connectivity index (χ4v) is 1.29. The van der Waals surface area contributed by atoms with Crippen LogP contribution in [0.1, 0.15) is 24.2 Å². The van der Waals surface area contributed by atoms with Gasteiger partial charge in [-0.1, -0.05) is 0 Å². The van der Waals surface area contributed by atoms with Gasteiger partial charge in [-0.15, -0.1) is 0 Å². The zero-order valence-corrected chi connectivity index (χ0v) is 8.59. The van der Waals surface area contributed by atoms with Crippen LogP contribution in [0.25, 0.3) is 0 Å². The maximum atomic E-state index is 12.0. The average Bonchev–Trinajstić information content (AvgIpc) is 2.98. The second-order valence-electron chi connectivity index (χ2n) is 3.95. The van der Waals surface area contributed by atoms with E-state index in [0.29, 0.717) is 12.6 Å². The highest BCUT2D eigenvalue weighted by Gasteiger charge is 2.29. The van der Waals surface area contributed by atoms with E-state index in [-0.39, 0.29) is 5.82 Å². The first-order valence-electron chi connectivity index (χ1n) is 5.13. The van der Waals surface area contributed by atoms with Crippen LogP contribution in [0.15, 0.2) is 12.4 Å². The molecule has 0 amide bonds. The lowest BCUT2D eigenvalue weighted by molar-refractivity contribution is -0.128. The first-order chi connectivity index (χ1) is 7.53. The number of hydrogen-bond acceptors (Lipinski definition) is 3. The van der Waals surface area contributed by atoms with E-state index in [9.17, 15) is 13.2 Å². The molecule has 16 heavy (non-hydrogen) atoms. The van der Waals surface area contributed by atoms with Gasteiger partial charge in [-0.25, -0.2) is 9.97 Å². The molecule has 6 heteroatoms. The van der Waals surface area contributed by atoms with Crippen LogP contribution < -0.4 is 5.32 Å². The van der Waals surface area contributed by atoms with Crippen LogP contribution in [0.5, 0.6) is 0 Å². The topological polar surface area (TPSA) is 37.8 Å². The largest absolute Gasteiger partial charge is 0.396 e. The lowest BCUT2D eigenvalue weighted by atomic mass is 10.3. The van der Waals surface area contributed by atoms with Crippen molar-refractivity contribution >= 4 is 0 Å². The maximum Gasteiger partial charge on any atom is 0.396 e. The summed E-state index contributed by atoms with van der Waals surface area (Å²) in [6.07, 6.45) is -0.0654. The highest BCUT2D eigenvalue weighted by atomic mass is 19.4. The molecule has 0 bridgehead atoms. The predicted molar refractivity (Wildman–Crippen MR) is 51.7 cm³/mol. The molecule has 88 valence electrons. The van der Waals surface area contributed by atoms with E-state index in [2.05, 4.69) is 15.3 Å². The molecule has 1 heterocycles. The number of halogens is 3. The Labute approximate surface area is 91.1 Å². The number of nitrogens with zero attached hydrogens (tertiary/aromatic N) is 2. The summed E-state index contributed by atoms with van der Waals surface area (Å²) in [5.74, 6) is -0.178. The monoisotopic (exact) mass is 231 g/mol. The van der Waals surface area contributed by atoms with Crippen LogP contribution in [0.3, 0.4) is 0 Å². The van der Waals surface area contributed by atoms with E-state index in [0.717, 1.165) is 5.56 Å². The van der Waals surface area contributed by atoms with Gasteiger partial charge in [0.05, 0.1) is 0 Å². The molecule has 3 nitrogen and oxygen atoms in total. The van der Waals surface area contributed by atoms with E-state index in [1.54, 1.807) is 0 Å². The molecule has 0 unspecified atom stereocenters. The second-order valence-corrected chi connectivity index (χ2v) is 3.95. The summed E-state index contributed by atoms with van der Waals surface area (Å²) in [6, 6.07) is 0.565. The van der Waals surface area contributed by atoms with Gasteiger partial charge in [-0.05, 0) is 12.8 Å². The minimum atomic E-state index is -4.24. The fraction of sp³-hybridized carbons (Fsp3) is 0.600. The lowest BCUT2D eigenvalue weighted by Crippen LogP contribution is -2.17. The summed E-state index contributed by atoms with van der Waals surface area (Å²) in [5.41, 5.74) is 0.817. The lowest BCUT2D eigenvalue weighted by Gasteiger charge is -2.06. The van der Waals surface area contributed by atoms with Gasteiger partial charge < -0.3 is 5.32 Å². The summed E-state index contributed by atoms with van der Waals surface area (Å²) in [4.78, 5) is 7.38. The summed E-state index contributed by atoms with van der Waals surface area (Å²) in [6.45, 7) is 0.622. The van der Waals surface area contributed by atoms with Crippen molar-refractivity contribution in [3.05, 3.63) is 23.8 Å². The van der Waals surface area contributed by atoms with Crippen molar-refractivity contribution in [1.29, 1.82) is 0 Å². The highest BCUT2D eigenvalue weighted by molar-refractivity contribution is 5.06. The number of alkyl halides is 3. The first-order valence-corrected chi connectivity index (χ1v) is 5.13. The molecule has 1 saturated carbocycles. The van der Waals surface area contributed by atoms with Gasteiger partial charge >= 0.3 is 6.18 Å². The van der Waals surface area contributed by atoms with Crippen molar-refractivity contribution in [3.8, 4) is 0 Å². The number of aromatic nitrogens is 2. The Bertz CT molecular complexity index is 343. The molecule has 0 atom stereocenters. The molecule has 0 radical (unpaired) electrons. The van der Waals surface area contributed by atoms with Crippen molar-refractivity contribution in [1.82, 2.24) is 15.3 Å². The molecular formula is C10H12F3N3. The summed E-state index contributed by atoms with van der Waals surface area (Å²) >= 11 is 0. The third-order valence-electron chi connectivity index (χ3n) is 2.29. The maximum absolute atomic E-state index is 12.0. The Hall–Kier alpha value is -1.17. The minimum absolute atomic E-state index is 0.178. The third-order valence-corrected chi connectivity index (χ3v) is 2.29. The Kier molecular flexibility index (Phi) is 3.09. The highest BCUT2D eigenvalue weighted by Crippen LogP contribution is 2.20.